The molecule has 0 saturated heterocycles. The van der Waals surface area contributed by atoms with E-state index in [4.69, 9.17) is 0 Å². The van der Waals surface area contributed by atoms with E-state index in [1.807, 2.05) is 36.4 Å². The predicted octanol–water partition coefficient (Wildman–Crippen LogP) is 5.12. The summed E-state index contributed by atoms with van der Waals surface area (Å²) in [4.78, 5) is 0. The van der Waals surface area contributed by atoms with Crippen LogP contribution in [0.15, 0.2) is 47.5 Å². The third-order valence-corrected chi connectivity index (χ3v) is 7.29. The van der Waals surface area contributed by atoms with Crippen molar-refractivity contribution < 1.29 is 0 Å². The molecule has 10 nitrogen and oxygen atoms in total. The van der Waals surface area contributed by atoms with Gasteiger partial charge in [-0.3, -0.25) is 0 Å². The van der Waals surface area contributed by atoms with Crippen molar-refractivity contribution in [1.82, 2.24) is 0 Å². The van der Waals surface area contributed by atoms with Gasteiger partial charge in [-0.1, -0.05) is 18.2 Å². The van der Waals surface area contributed by atoms with Crippen LogP contribution in [0.3, 0.4) is 0 Å². The molecular weight excluding hydrogens is 548 g/mol. The summed E-state index contributed by atoms with van der Waals surface area (Å²) in [5.41, 5.74) is -0.309. The van der Waals surface area contributed by atoms with Gasteiger partial charge in [0.15, 0.2) is 0 Å². The molecule has 0 saturated carbocycles. The monoisotopic (exact) mass is 554 g/mol. The van der Waals surface area contributed by atoms with E-state index in [-0.39, 0.29) is 61.2 Å². The third kappa shape index (κ3) is 3.50. The third-order valence-electron chi connectivity index (χ3n) is 7.29. The van der Waals surface area contributed by atoms with Crippen molar-refractivity contribution in [2.75, 3.05) is 0 Å². The molecule has 0 heterocycles. The number of hydrogen-bond acceptors (Lipinski definition) is 10. The summed E-state index contributed by atoms with van der Waals surface area (Å²) in [6.07, 6.45) is 0. The average Bonchev–Trinajstić information content (AvgIpc) is 3.57. The number of benzene rings is 3. The summed E-state index contributed by atoms with van der Waals surface area (Å²) in [5.74, 6) is 0. The fourth-order valence-corrected chi connectivity index (χ4v) is 5.61. The Labute approximate surface area is 249 Å². The first-order valence-electron chi connectivity index (χ1n) is 12.2. The molecule has 0 aliphatic heterocycles. The minimum Gasteiger partial charge on any atom is -0.192 e. The molecule has 0 atom stereocenters. The molecule has 10 heteroatoms. The largest absolute Gasteiger partial charge is 0.192 e. The van der Waals surface area contributed by atoms with E-state index in [0.717, 1.165) is 0 Å². The average molecular weight is 554 g/mol. The lowest BCUT2D eigenvalue weighted by atomic mass is 9.85. The molecule has 0 spiro atoms. The summed E-state index contributed by atoms with van der Waals surface area (Å²) in [6, 6.07) is 28.1. The number of rotatable bonds is 1. The molecule has 5 rings (SSSR count). The fourth-order valence-electron chi connectivity index (χ4n) is 5.61. The van der Waals surface area contributed by atoms with E-state index < -0.39 is 16.7 Å². The summed E-state index contributed by atoms with van der Waals surface area (Å²) in [7, 11) is 0. The molecular formula is C34H6N10. The second-order valence-corrected chi connectivity index (χ2v) is 9.14. The van der Waals surface area contributed by atoms with Crippen molar-refractivity contribution in [2.24, 2.45) is 0 Å². The van der Waals surface area contributed by atoms with Crippen LogP contribution in [-0.2, 0) is 0 Å². The van der Waals surface area contributed by atoms with Crippen LogP contribution >= 0.6 is 0 Å². The highest BCUT2D eigenvalue weighted by molar-refractivity contribution is 6.27. The molecule has 44 heavy (non-hydrogen) atoms. The zero-order valence-corrected chi connectivity index (χ0v) is 21.9. The summed E-state index contributed by atoms with van der Waals surface area (Å²) in [5, 5.41) is 99.2. The summed E-state index contributed by atoms with van der Waals surface area (Å²) in [6.45, 7) is 0. The van der Waals surface area contributed by atoms with Gasteiger partial charge in [-0.15, -0.1) is 0 Å². The first-order chi connectivity index (χ1) is 21.4. The predicted molar refractivity (Wildman–Crippen MR) is 150 cm³/mol. The van der Waals surface area contributed by atoms with Crippen LogP contribution in [0.4, 0.5) is 0 Å². The molecule has 2 aliphatic rings. The van der Waals surface area contributed by atoms with Crippen LogP contribution in [0.1, 0.15) is 55.6 Å². The van der Waals surface area contributed by atoms with Crippen molar-refractivity contribution in [2.45, 2.75) is 0 Å². The molecule has 3 aromatic rings. The topological polar surface area (TPSA) is 238 Å². The lowest BCUT2D eigenvalue weighted by molar-refractivity contribution is 1.34. The molecule has 0 aromatic heterocycles. The molecule has 192 valence electrons. The molecule has 0 amide bonds. The Morgan fingerprint density at radius 1 is 0.432 bits per heavy atom. The van der Waals surface area contributed by atoms with Crippen molar-refractivity contribution >= 4 is 22.3 Å². The molecule has 2 aliphatic carbocycles. The van der Waals surface area contributed by atoms with Crippen LogP contribution in [0.5, 0.6) is 0 Å². The second kappa shape index (κ2) is 10.4. The number of hydrogen-bond donors (Lipinski definition) is 0. The van der Waals surface area contributed by atoms with Gasteiger partial charge in [-0.2, -0.15) is 52.6 Å². The maximum atomic E-state index is 10.4. The van der Waals surface area contributed by atoms with Gasteiger partial charge in [0, 0.05) is 27.8 Å². The van der Waals surface area contributed by atoms with Crippen LogP contribution in [0, 0.1) is 113 Å². The number of fused-ring (bicyclic) bond motifs is 4. The summed E-state index contributed by atoms with van der Waals surface area (Å²) < 4.78 is 0. The Morgan fingerprint density at radius 3 is 1.43 bits per heavy atom. The molecule has 0 bridgehead atoms. The van der Waals surface area contributed by atoms with Crippen LogP contribution in [0.25, 0.3) is 33.4 Å². The van der Waals surface area contributed by atoms with Crippen molar-refractivity contribution in [1.29, 1.82) is 52.6 Å². The fraction of sp³-hybridized carbons (Fsp3) is 0. The van der Waals surface area contributed by atoms with Crippen LogP contribution in [0.2, 0.25) is 0 Å². The van der Waals surface area contributed by atoms with E-state index in [9.17, 15) is 52.6 Å². The van der Waals surface area contributed by atoms with Crippen molar-refractivity contribution in [3.05, 3.63) is 103 Å². The second-order valence-electron chi connectivity index (χ2n) is 9.14. The van der Waals surface area contributed by atoms with E-state index in [0.29, 0.717) is 22.3 Å². The number of nitriles is 10. The zero-order chi connectivity index (χ0) is 31.7. The van der Waals surface area contributed by atoms with Gasteiger partial charge in [-0.05, 0) is 46.0 Å². The molecule has 3 aromatic carbocycles. The number of allylic oxidation sites excluding steroid dienone is 5. The Hall–Kier alpha value is -8.22. The molecule has 0 radical (unpaired) electrons. The first-order valence-corrected chi connectivity index (χ1v) is 12.2. The minimum atomic E-state index is -0.520. The van der Waals surface area contributed by atoms with Gasteiger partial charge in [0.05, 0.1) is 39.5 Å². The van der Waals surface area contributed by atoms with Gasteiger partial charge in [-0.25, -0.2) is 0 Å². The molecule has 0 N–H and O–H groups in total. The Balaban J connectivity index is 1.98. The maximum Gasteiger partial charge on any atom is 0.138 e. The lowest BCUT2D eigenvalue weighted by Gasteiger charge is -2.13. The zero-order valence-electron chi connectivity index (χ0n) is 21.9. The molecule has 0 fully saturated rings. The lowest BCUT2D eigenvalue weighted by Crippen LogP contribution is -2.04. The van der Waals surface area contributed by atoms with Crippen LogP contribution in [-0.4, -0.2) is 0 Å². The Bertz CT molecular complexity index is 2450. The Morgan fingerprint density at radius 2 is 0.932 bits per heavy atom. The van der Waals surface area contributed by atoms with Crippen molar-refractivity contribution in [3.63, 3.8) is 0 Å². The normalized spacial score (nSPS) is 11.2. The van der Waals surface area contributed by atoms with E-state index in [2.05, 4.69) is 0 Å². The standard InChI is InChI=1S/C34H6N10/c35-7-17-1-3-21-22-4-2-18(6-24(22)30(23(21)5-17)19(8-36)9-37)31-29(16-44)33-27(14-42)25(12-40)26(13-41)28(15-43)34(33)32(31)20(10-38)11-39/h1-6H. The van der Waals surface area contributed by atoms with Gasteiger partial charge in [0.2, 0.25) is 0 Å². The first kappa shape index (κ1) is 27.4. The van der Waals surface area contributed by atoms with Crippen LogP contribution < -0.4 is 0 Å². The van der Waals surface area contributed by atoms with Gasteiger partial charge < -0.3 is 0 Å². The summed E-state index contributed by atoms with van der Waals surface area (Å²) >= 11 is 0. The van der Waals surface area contributed by atoms with Crippen molar-refractivity contribution in [3.8, 4) is 71.8 Å². The Kier molecular flexibility index (Phi) is 6.46. The quantitative estimate of drug-likeness (QED) is 0.281. The number of nitrogens with zero attached hydrogens (tertiary/aromatic N) is 10. The SMILES string of the molecule is N#CC(C#N)=C1c2cc(C#N)ccc2-c2ccc(C3=C(C#N)c4c(C#N)c(C#N)c(C#N)c(C#N)c4C3=C(C#N)C#N)cc21. The van der Waals surface area contributed by atoms with E-state index in [1.54, 1.807) is 60.7 Å². The highest BCUT2D eigenvalue weighted by Crippen LogP contribution is 2.53. The molecule has 0 unspecified atom stereocenters. The smallest absolute Gasteiger partial charge is 0.138 e. The van der Waals surface area contributed by atoms with E-state index >= 15 is 0 Å². The highest BCUT2D eigenvalue weighted by atomic mass is 14.4. The van der Waals surface area contributed by atoms with Gasteiger partial charge >= 0.3 is 0 Å². The van der Waals surface area contributed by atoms with Gasteiger partial charge in [0.25, 0.3) is 0 Å². The van der Waals surface area contributed by atoms with Gasteiger partial charge in [0.1, 0.15) is 65.8 Å². The highest BCUT2D eigenvalue weighted by Gasteiger charge is 2.39. The maximum absolute atomic E-state index is 10.4. The minimum absolute atomic E-state index is 0.0149. The van der Waals surface area contributed by atoms with E-state index in [1.165, 1.54) is 0 Å².